The summed E-state index contributed by atoms with van der Waals surface area (Å²) in [6.07, 6.45) is 17.8. The molecule has 0 radical (unpaired) electrons. The minimum absolute atomic E-state index is 0.130. The van der Waals surface area contributed by atoms with Crippen LogP contribution in [-0.4, -0.2) is 80.4 Å². The van der Waals surface area contributed by atoms with Gasteiger partial charge in [0.25, 0.3) is 0 Å². The second-order valence-electron chi connectivity index (χ2n) is 16.5. The van der Waals surface area contributed by atoms with E-state index in [-0.39, 0.29) is 28.3 Å². The molecule has 0 atom stereocenters. The number of aliphatic hydroxyl groups is 1. The lowest BCUT2D eigenvalue weighted by Crippen LogP contribution is -2.65. The topological polar surface area (TPSA) is 50.8 Å². The fraction of sp³-hybridized carbons (Fsp3) is 1.00. The molecule has 38 heavy (non-hydrogen) atoms. The molecule has 0 spiro atoms. The predicted molar refractivity (Wildman–Crippen MR) is 162 cm³/mol. The highest BCUT2D eigenvalue weighted by Gasteiger charge is 2.44. The Morgan fingerprint density at radius 2 is 0.816 bits per heavy atom. The molecule has 0 aromatic rings. The van der Waals surface area contributed by atoms with Crippen molar-refractivity contribution in [1.82, 2.24) is 20.4 Å². The van der Waals surface area contributed by atoms with E-state index in [1.807, 2.05) is 0 Å². The van der Waals surface area contributed by atoms with Crippen molar-refractivity contribution >= 4 is 0 Å². The maximum Gasteiger partial charge on any atom is 0.0794 e. The number of hydrogen-bond acceptors (Lipinski definition) is 5. The van der Waals surface area contributed by atoms with Crippen LogP contribution in [0.5, 0.6) is 0 Å². The van der Waals surface area contributed by atoms with Gasteiger partial charge in [-0.1, -0.05) is 38.5 Å². The van der Waals surface area contributed by atoms with E-state index < -0.39 is 0 Å². The van der Waals surface area contributed by atoms with Gasteiger partial charge >= 0.3 is 0 Å². The van der Waals surface area contributed by atoms with Crippen molar-refractivity contribution in [2.45, 2.75) is 198 Å². The van der Waals surface area contributed by atoms with Gasteiger partial charge in [-0.15, -0.1) is 0 Å². The van der Waals surface area contributed by atoms with Gasteiger partial charge in [0.05, 0.1) is 6.10 Å². The van der Waals surface area contributed by atoms with Crippen LogP contribution in [-0.2, 0) is 0 Å². The normalized spacial score (nSPS) is 29.4. The van der Waals surface area contributed by atoms with Crippen molar-refractivity contribution in [2.75, 3.05) is 13.1 Å². The molecule has 2 saturated heterocycles. The molecule has 4 fully saturated rings. The Balaban J connectivity index is 1.53. The van der Waals surface area contributed by atoms with Crippen LogP contribution >= 0.6 is 0 Å². The van der Waals surface area contributed by atoms with Gasteiger partial charge in [-0.2, -0.15) is 0 Å². The maximum absolute atomic E-state index is 11.9. The van der Waals surface area contributed by atoms with Gasteiger partial charge in [0.2, 0.25) is 0 Å². The van der Waals surface area contributed by atoms with E-state index in [0.717, 1.165) is 13.1 Å². The molecule has 2 aliphatic carbocycles. The van der Waals surface area contributed by atoms with E-state index in [1.54, 1.807) is 0 Å². The molecule has 222 valence electrons. The zero-order valence-electron chi connectivity index (χ0n) is 26.5. The van der Waals surface area contributed by atoms with E-state index in [9.17, 15) is 5.11 Å². The first kappa shape index (κ1) is 30.8. The lowest BCUT2D eigenvalue weighted by molar-refractivity contribution is -0.0349. The van der Waals surface area contributed by atoms with E-state index in [1.165, 1.54) is 89.9 Å². The third-order valence-electron chi connectivity index (χ3n) is 10.2. The first-order chi connectivity index (χ1) is 17.6. The third-order valence-corrected chi connectivity index (χ3v) is 10.2. The molecule has 5 nitrogen and oxygen atoms in total. The largest absolute Gasteiger partial charge is 0.390 e. The number of piperidine rings is 2. The van der Waals surface area contributed by atoms with Gasteiger partial charge in [-0.3, -0.25) is 9.80 Å². The summed E-state index contributed by atoms with van der Waals surface area (Å²) >= 11 is 0. The second kappa shape index (κ2) is 12.0. The Morgan fingerprint density at radius 1 is 0.526 bits per heavy atom. The van der Waals surface area contributed by atoms with Crippen LogP contribution in [0.3, 0.4) is 0 Å². The first-order valence-electron chi connectivity index (χ1n) is 16.4. The molecular formula is C33H64N4O. The van der Waals surface area contributed by atoms with Gasteiger partial charge in [0.15, 0.2) is 0 Å². The molecular weight excluding hydrogens is 468 g/mol. The highest BCUT2D eigenvalue weighted by molar-refractivity contribution is 5.04. The van der Waals surface area contributed by atoms with Gasteiger partial charge in [-0.25, -0.2) is 0 Å². The molecule has 0 aromatic carbocycles. The van der Waals surface area contributed by atoms with Crippen LogP contribution in [0.4, 0.5) is 0 Å². The number of hydrogen-bond donors (Lipinski definition) is 3. The van der Waals surface area contributed by atoms with Crippen molar-refractivity contribution < 1.29 is 5.11 Å². The third kappa shape index (κ3) is 8.41. The SMILES string of the molecule is CC1(C)CC(N(CC(O)CN(C2CCCCC2)C2CC(C)(C)NC(C)(C)C2)C2CCCCC2)CC(C)(C)N1. The number of aliphatic hydroxyl groups excluding tert-OH is 1. The van der Waals surface area contributed by atoms with Crippen molar-refractivity contribution in [3.05, 3.63) is 0 Å². The Kier molecular flexibility index (Phi) is 9.68. The Morgan fingerprint density at radius 3 is 1.11 bits per heavy atom. The van der Waals surface area contributed by atoms with Crippen LogP contribution in [0.15, 0.2) is 0 Å². The van der Waals surface area contributed by atoms with Gasteiger partial charge < -0.3 is 15.7 Å². The molecule has 3 N–H and O–H groups in total. The number of rotatable bonds is 8. The lowest BCUT2D eigenvalue weighted by atomic mass is 9.77. The Labute approximate surface area is 236 Å². The van der Waals surface area contributed by atoms with Crippen molar-refractivity contribution in [3.8, 4) is 0 Å². The van der Waals surface area contributed by atoms with E-state index >= 15 is 0 Å². The Bertz CT molecular complexity index is 656. The zero-order chi connectivity index (χ0) is 27.8. The monoisotopic (exact) mass is 533 g/mol. The van der Waals surface area contributed by atoms with Crippen molar-refractivity contribution in [2.24, 2.45) is 0 Å². The smallest absolute Gasteiger partial charge is 0.0794 e. The van der Waals surface area contributed by atoms with Crippen LogP contribution < -0.4 is 10.6 Å². The van der Waals surface area contributed by atoms with Gasteiger partial charge in [-0.05, 0) is 107 Å². The van der Waals surface area contributed by atoms with Crippen molar-refractivity contribution in [1.29, 1.82) is 0 Å². The summed E-state index contributed by atoms with van der Waals surface area (Å²) < 4.78 is 0. The fourth-order valence-electron chi connectivity index (χ4n) is 9.57. The van der Waals surface area contributed by atoms with E-state index in [4.69, 9.17) is 0 Å². The molecule has 2 aliphatic heterocycles. The summed E-state index contributed by atoms with van der Waals surface area (Å²) in [5.41, 5.74) is 0.519. The number of nitrogens with zero attached hydrogens (tertiary/aromatic N) is 2. The molecule has 2 saturated carbocycles. The standard InChI is InChI=1S/C33H64N4O/c1-30(2)19-27(20-31(3,4)34-30)36(25-15-11-9-12-16-25)23-29(38)24-37(26-17-13-10-14-18-26)28-21-32(5,6)35-33(7,8)22-28/h25-29,34-35,38H,9-24H2,1-8H3. The average Bonchev–Trinajstić information content (AvgIpc) is 2.78. The van der Waals surface area contributed by atoms with Crippen molar-refractivity contribution in [3.63, 3.8) is 0 Å². The zero-order valence-corrected chi connectivity index (χ0v) is 26.5. The van der Waals surface area contributed by atoms with Crippen LogP contribution in [0.25, 0.3) is 0 Å². The van der Waals surface area contributed by atoms with Gasteiger partial charge in [0, 0.05) is 59.4 Å². The predicted octanol–water partition coefficient (Wildman–Crippen LogP) is 6.24. The summed E-state index contributed by atoms with van der Waals surface area (Å²) in [7, 11) is 0. The van der Waals surface area contributed by atoms with E-state index in [2.05, 4.69) is 75.8 Å². The van der Waals surface area contributed by atoms with E-state index in [0.29, 0.717) is 24.2 Å². The molecule has 0 aromatic heterocycles. The van der Waals surface area contributed by atoms with Crippen LogP contribution in [0.1, 0.15) is 145 Å². The molecule has 0 unspecified atom stereocenters. The summed E-state index contributed by atoms with van der Waals surface area (Å²) in [5, 5.41) is 19.7. The minimum atomic E-state index is -0.291. The van der Waals surface area contributed by atoms with Crippen LogP contribution in [0.2, 0.25) is 0 Å². The Hall–Kier alpha value is -0.200. The van der Waals surface area contributed by atoms with Crippen LogP contribution in [0, 0.1) is 0 Å². The highest BCUT2D eigenvalue weighted by atomic mass is 16.3. The maximum atomic E-state index is 11.9. The molecule has 5 heteroatoms. The molecule has 4 aliphatic rings. The fourth-order valence-corrected chi connectivity index (χ4v) is 9.57. The first-order valence-corrected chi connectivity index (χ1v) is 16.4. The summed E-state index contributed by atoms with van der Waals surface area (Å²) in [4.78, 5) is 5.62. The quantitative estimate of drug-likeness (QED) is 0.346. The number of nitrogens with one attached hydrogen (secondary N) is 2. The summed E-state index contributed by atoms with van der Waals surface area (Å²) in [6.45, 7) is 20.7. The molecule has 2 heterocycles. The molecule has 0 amide bonds. The lowest BCUT2D eigenvalue weighted by Gasteiger charge is -2.53. The minimum Gasteiger partial charge on any atom is -0.390 e. The highest BCUT2D eigenvalue weighted by Crippen LogP contribution is 2.37. The summed E-state index contributed by atoms with van der Waals surface area (Å²) in [5.74, 6) is 0. The second-order valence-corrected chi connectivity index (χ2v) is 16.5. The molecule has 4 rings (SSSR count). The molecule has 0 bridgehead atoms. The van der Waals surface area contributed by atoms with Gasteiger partial charge in [0.1, 0.15) is 0 Å². The average molecular weight is 533 g/mol. The summed E-state index contributed by atoms with van der Waals surface area (Å²) in [6, 6.07) is 2.35.